The van der Waals surface area contributed by atoms with Gasteiger partial charge in [-0.2, -0.15) is 5.10 Å². The van der Waals surface area contributed by atoms with Crippen LogP contribution in [0.1, 0.15) is 37.9 Å². The zero-order chi connectivity index (χ0) is 21.0. The van der Waals surface area contributed by atoms with Crippen LogP contribution in [0.3, 0.4) is 0 Å². The molecule has 0 unspecified atom stereocenters. The van der Waals surface area contributed by atoms with E-state index in [4.69, 9.17) is 14.5 Å². The third-order valence-electron chi connectivity index (χ3n) is 5.57. The Morgan fingerprint density at radius 3 is 2.87 bits per heavy atom. The lowest BCUT2D eigenvalue weighted by Crippen LogP contribution is -2.43. The molecule has 3 aromatic rings. The van der Waals surface area contributed by atoms with Crippen molar-refractivity contribution < 1.29 is 13.9 Å². The first-order valence-electron chi connectivity index (χ1n) is 9.96. The molecule has 0 aliphatic carbocycles. The summed E-state index contributed by atoms with van der Waals surface area (Å²) in [6.45, 7) is 11.0. The second kappa shape index (κ2) is 6.86. The highest BCUT2D eigenvalue weighted by molar-refractivity contribution is 5.75. The number of aromatic nitrogens is 4. The van der Waals surface area contributed by atoms with E-state index < -0.39 is 5.82 Å². The molecule has 0 saturated heterocycles. The summed E-state index contributed by atoms with van der Waals surface area (Å²) < 4.78 is 27.8. The topological polar surface area (TPSA) is 76.8 Å². The molecule has 2 aliphatic heterocycles. The molecule has 3 aromatic heterocycles. The molecule has 30 heavy (non-hydrogen) atoms. The molecule has 156 valence electrons. The van der Waals surface area contributed by atoms with Crippen LogP contribution < -0.4 is 19.7 Å². The number of anilines is 1. The zero-order valence-electron chi connectivity index (χ0n) is 17.1. The van der Waals surface area contributed by atoms with Gasteiger partial charge in [0.2, 0.25) is 5.88 Å². The molecular weight excluding hydrogens is 387 g/mol. The highest BCUT2D eigenvalue weighted by Crippen LogP contribution is 2.40. The minimum absolute atomic E-state index is 0.00955. The minimum atomic E-state index is -0.407. The van der Waals surface area contributed by atoms with Gasteiger partial charge >= 0.3 is 0 Å². The van der Waals surface area contributed by atoms with E-state index >= 15 is 0 Å². The van der Waals surface area contributed by atoms with Crippen molar-refractivity contribution in [3.05, 3.63) is 48.2 Å². The first-order chi connectivity index (χ1) is 14.4. The number of rotatable bonds is 0. The van der Waals surface area contributed by atoms with Gasteiger partial charge in [-0.15, -0.1) is 0 Å². The molecule has 0 fully saturated rings. The van der Waals surface area contributed by atoms with Gasteiger partial charge in [-0.3, -0.25) is 0 Å². The average molecular weight is 410 g/mol. The van der Waals surface area contributed by atoms with E-state index in [-0.39, 0.29) is 18.1 Å². The number of hydrogen-bond donors (Lipinski definition) is 1. The Morgan fingerprint density at radius 1 is 1.20 bits per heavy atom. The SMILES string of the molecule is C=C1N[C@H](C)COc2ncc(F)cc2[C@H](C)N2c3nc4c1cnn4cc3OC[C@H]2C. The standard InChI is InChI=1S/C21H23FN6O2/c1-11-9-30-21-16(5-15(22)6-23-21)14(4)28-12(2)10-29-18-8-27-19(26-20(18)28)17(7-24-27)13(3)25-11/h5-8,11-12,14,25H,3,9-10H2,1-2,4H3/t11-,12-,14+/m1/s1. The first-order valence-corrected chi connectivity index (χ1v) is 9.96. The van der Waals surface area contributed by atoms with Gasteiger partial charge < -0.3 is 19.7 Å². The maximum Gasteiger partial charge on any atom is 0.218 e. The summed E-state index contributed by atoms with van der Waals surface area (Å²) in [6.07, 6.45) is 4.74. The van der Waals surface area contributed by atoms with Crippen LogP contribution >= 0.6 is 0 Å². The van der Waals surface area contributed by atoms with Crippen LogP contribution in [0.2, 0.25) is 0 Å². The summed E-state index contributed by atoms with van der Waals surface area (Å²) in [5.41, 5.74) is 2.84. The molecule has 2 aliphatic rings. The Hall–Kier alpha value is -3.36. The van der Waals surface area contributed by atoms with Crippen molar-refractivity contribution in [2.75, 3.05) is 18.1 Å². The molecule has 0 amide bonds. The van der Waals surface area contributed by atoms with E-state index in [1.54, 1.807) is 10.7 Å². The van der Waals surface area contributed by atoms with Gasteiger partial charge in [0.05, 0.1) is 42.3 Å². The van der Waals surface area contributed by atoms with Crippen molar-refractivity contribution in [2.45, 2.75) is 38.9 Å². The molecule has 5 heterocycles. The highest BCUT2D eigenvalue weighted by Gasteiger charge is 2.33. The van der Waals surface area contributed by atoms with Crippen LogP contribution in [0.25, 0.3) is 11.3 Å². The second-order valence-electron chi connectivity index (χ2n) is 7.88. The number of fused-ring (bicyclic) bond motifs is 1. The molecule has 0 aromatic carbocycles. The lowest BCUT2D eigenvalue weighted by atomic mass is 10.1. The molecule has 0 saturated carbocycles. The van der Waals surface area contributed by atoms with E-state index in [1.165, 1.54) is 12.3 Å². The summed E-state index contributed by atoms with van der Waals surface area (Å²) in [5.74, 6) is 1.30. The molecule has 0 spiro atoms. The fourth-order valence-corrected chi connectivity index (χ4v) is 4.08. The average Bonchev–Trinajstić information content (AvgIpc) is 3.13. The third kappa shape index (κ3) is 2.92. The zero-order valence-corrected chi connectivity index (χ0v) is 17.1. The molecular formula is C21H23FN6O2. The number of ether oxygens (including phenoxy) is 2. The lowest BCUT2D eigenvalue weighted by Gasteiger charge is -2.40. The van der Waals surface area contributed by atoms with Gasteiger partial charge in [0.1, 0.15) is 19.0 Å². The van der Waals surface area contributed by atoms with Crippen LogP contribution in [0.4, 0.5) is 10.2 Å². The molecule has 1 N–H and O–H groups in total. The fraction of sp³-hybridized carbons (Fsp3) is 0.381. The van der Waals surface area contributed by atoms with Crippen LogP contribution in [0.15, 0.2) is 31.2 Å². The Bertz CT molecular complexity index is 1150. The number of hydrogen-bond acceptors (Lipinski definition) is 7. The van der Waals surface area contributed by atoms with Crippen LogP contribution in [-0.2, 0) is 0 Å². The summed E-state index contributed by atoms with van der Waals surface area (Å²) in [5, 5.41) is 7.75. The molecule has 5 rings (SSSR count). The Balaban J connectivity index is 1.74. The predicted octanol–water partition coefficient (Wildman–Crippen LogP) is 2.95. The Kier molecular flexibility index (Phi) is 4.27. The monoisotopic (exact) mass is 410 g/mol. The second-order valence-corrected chi connectivity index (χ2v) is 7.88. The predicted molar refractivity (Wildman–Crippen MR) is 110 cm³/mol. The van der Waals surface area contributed by atoms with Gasteiger partial charge in [0.25, 0.3) is 0 Å². The molecule has 9 heteroatoms. The Labute approximate surface area is 173 Å². The van der Waals surface area contributed by atoms with Gasteiger partial charge in [0.15, 0.2) is 17.2 Å². The number of pyridine rings is 1. The van der Waals surface area contributed by atoms with Crippen molar-refractivity contribution >= 4 is 17.2 Å². The summed E-state index contributed by atoms with van der Waals surface area (Å²) >= 11 is 0. The smallest absolute Gasteiger partial charge is 0.218 e. The normalized spacial score (nSPS) is 23.5. The third-order valence-corrected chi connectivity index (χ3v) is 5.57. The van der Waals surface area contributed by atoms with Crippen LogP contribution in [-0.4, -0.2) is 44.9 Å². The first kappa shape index (κ1) is 18.7. The van der Waals surface area contributed by atoms with Crippen molar-refractivity contribution in [1.29, 1.82) is 0 Å². The Morgan fingerprint density at radius 2 is 2.03 bits per heavy atom. The van der Waals surface area contributed by atoms with Crippen molar-refractivity contribution in [2.24, 2.45) is 0 Å². The van der Waals surface area contributed by atoms with Crippen molar-refractivity contribution in [1.82, 2.24) is 24.9 Å². The van der Waals surface area contributed by atoms with E-state index in [2.05, 4.69) is 33.8 Å². The summed E-state index contributed by atoms with van der Waals surface area (Å²) in [6, 6.07) is 1.19. The van der Waals surface area contributed by atoms with E-state index in [1.807, 2.05) is 20.0 Å². The quantitative estimate of drug-likeness (QED) is 0.611. The molecule has 2 bridgehead atoms. The van der Waals surface area contributed by atoms with Gasteiger partial charge in [-0.25, -0.2) is 18.9 Å². The van der Waals surface area contributed by atoms with Crippen LogP contribution in [0.5, 0.6) is 11.6 Å². The summed E-state index contributed by atoms with van der Waals surface area (Å²) in [4.78, 5) is 11.2. The van der Waals surface area contributed by atoms with Crippen molar-refractivity contribution in [3.8, 4) is 11.6 Å². The molecule has 0 radical (unpaired) electrons. The molecule has 3 atom stereocenters. The summed E-state index contributed by atoms with van der Waals surface area (Å²) in [7, 11) is 0. The number of nitrogens with zero attached hydrogens (tertiary/aromatic N) is 5. The maximum absolute atomic E-state index is 14.1. The van der Waals surface area contributed by atoms with Gasteiger partial charge in [0, 0.05) is 11.3 Å². The van der Waals surface area contributed by atoms with Gasteiger partial charge in [-0.05, 0) is 26.8 Å². The minimum Gasteiger partial charge on any atom is -0.486 e. The lowest BCUT2D eigenvalue weighted by molar-refractivity contribution is 0.252. The maximum atomic E-state index is 14.1. The highest BCUT2D eigenvalue weighted by atomic mass is 19.1. The fourth-order valence-electron chi connectivity index (χ4n) is 4.08. The van der Waals surface area contributed by atoms with E-state index in [9.17, 15) is 4.39 Å². The molecule has 8 nitrogen and oxygen atoms in total. The number of nitrogens with one attached hydrogen (secondary N) is 1. The van der Waals surface area contributed by atoms with Gasteiger partial charge in [-0.1, -0.05) is 6.58 Å². The van der Waals surface area contributed by atoms with Crippen molar-refractivity contribution in [3.63, 3.8) is 0 Å². The van der Waals surface area contributed by atoms with E-state index in [0.29, 0.717) is 47.6 Å². The largest absolute Gasteiger partial charge is 0.486 e. The van der Waals surface area contributed by atoms with E-state index in [0.717, 1.165) is 5.56 Å². The van der Waals surface area contributed by atoms with Crippen LogP contribution in [0, 0.1) is 5.82 Å². The number of halogens is 1.